The molecule has 1 aliphatic rings. The molecule has 1 aromatic heterocycles. The highest BCUT2D eigenvalue weighted by Crippen LogP contribution is 2.35. The Morgan fingerprint density at radius 2 is 2.18 bits per heavy atom. The lowest BCUT2D eigenvalue weighted by Gasteiger charge is -2.21. The van der Waals surface area contributed by atoms with Gasteiger partial charge in [-0.3, -0.25) is 0 Å². The Kier molecular flexibility index (Phi) is 3.96. The van der Waals surface area contributed by atoms with Crippen molar-refractivity contribution in [3.8, 4) is 0 Å². The minimum absolute atomic E-state index is 0.00614. The molecule has 1 aliphatic heterocycles. The lowest BCUT2D eigenvalue weighted by Crippen LogP contribution is -2.26. The molecule has 3 rings (SSSR count). The van der Waals surface area contributed by atoms with Crippen LogP contribution in [0.5, 0.6) is 0 Å². The van der Waals surface area contributed by atoms with E-state index >= 15 is 0 Å². The Balaban J connectivity index is 2.02. The van der Waals surface area contributed by atoms with E-state index in [1.807, 2.05) is 16.8 Å². The van der Waals surface area contributed by atoms with Gasteiger partial charge in [-0.15, -0.1) is 0 Å². The molecule has 0 fully saturated rings. The summed E-state index contributed by atoms with van der Waals surface area (Å²) >= 11 is 7.20. The first kappa shape index (κ1) is 15.5. The van der Waals surface area contributed by atoms with Crippen molar-refractivity contribution >= 4 is 38.7 Å². The molecule has 0 N–H and O–H groups in total. The van der Waals surface area contributed by atoms with Crippen LogP contribution in [-0.2, 0) is 10.0 Å². The third kappa shape index (κ3) is 2.88. The lowest BCUT2D eigenvalue weighted by molar-refractivity contribution is 0.373. The van der Waals surface area contributed by atoms with Gasteiger partial charge in [0.25, 0.3) is 0 Å². The van der Waals surface area contributed by atoms with Gasteiger partial charge in [-0.2, -0.15) is 20.9 Å². The topological polar surface area (TPSA) is 49.7 Å². The number of nitrogens with zero attached hydrogens (tertiary/aromatic N) is 2. The van der Waals surface area contributed by atoms with Gasteiger partial charge in [0.05, 0.1) is 23.0 Å². The van der Waals surface area contributed by atoms with Gasteiger partial charge in [0.1, 0.15) is 5.82 Å². The van der Waals surface area contributed by atoms with Gasteiger partial charge >= 0.3 is 0 Å². The zero-order chi connectivity index (χ0) is 15.9. The molecule has 0 radical (unpaired) electrons. The Morgan fingerprint density at radius 1 is 1.41 bits per heavy atom. The molecule has 0 aliphatic carbocycles. The van der Waals surface area contributed by atoms with E-state index in [2.05, 4.69) is 5.10 Å². The Bertz CT molecular complexity index is 835. The maximum absolute atomic E-state index is 13.7. The SMILES string of the molecule is CS(=O)(=O)N1N=C(c2ccsc2)C[C@@H]1c1ccc(Cl)c(F)c1. The van der Waals surface area contributed by atoms with Crippen LogP contribution in [0.2, 0.25) is 5.02 Å². The van der Waals surface area contributed by atoms with Crippen LogP contribution >= 0.6 is 22.9 Å². The van der Waals surface area contributed by atoms with Crippen LogP contribution in [0.4, 0.5) is 4.39 Å². The summed E-state index contributed by atoms with van der Waals surface area (Å²) in [7, 11) is -3.55. The normalized spacial score (nSPS) is 18.6. The van der Waals surface area contributed by atoms with Crippen molar-refractivity contribution in [2.24, 2.45) is 5.10 Å². The summed E-state index contributed by atoms with van der Waals surface area (Å²) in [4.78, 5) is 0. The predicted octanol–water partition coefficient (Wildman–Crippen LogP) is 3.65. The molecular formula is C14H12ClFN2O2S2. The molecule has 8 heteroatoms. The van der Waals surface area contributed by atoms with Crippen molar-refractivity contribution in [3.05, 3.63) is 57.0 Å². The fourth-order valence-corrected chi connectivity index (χ4v) is 4.05. The summed E-state index contributed by atoms with van der Waals surface area (Å²) in [5.41, 5.74) is 2.09. The molecule has 116 valence electrons. The molecule has 0 saturated heterocycles. The smallest absolute Gasteiger partial charge is 0.205 e. The van der Waals surface area contributed by atoms with Crippen LogP contribution in [0.1, 0.15) is 23.6 Å². The molecule has 0 unspecified atom stereocenters. The number of rotatable bonds is 3. The molecule has 22 heavy (non-hydrogen) atoms. The Labute approximate surface area is 136 Å². The third-order valence-electron chi connectivity index (χ3n) is 3.40. The number of halogens is 2. The second-order valence-corrected chi connectivity index (χ2v) is 8.02. The molecule has 2 heterocycles. The number of thiophene rings is 1. The average molecular weight is 359 g/mol. The van der Waals surface area contributed by atoms with Crippen LogP contribution in [0.25, 0.3) is 0 Å². The van der Waals surface area contributed by atoms with Crippen LogP contribution in [0, 0.1) is 5.82 Å². The maximum atomic E-state index is 13.7. The number of hydrogen-bond acceptors (Lipinski definition) is 4. The molecule has 0 saturated carbocycles. The number of hydrazone groups is 1. The molecule has 0 bridgehead atoms. The first-order chi connectivity index (χ1) is 10.4. The van der Waals surface area contributed by atoms with E-state index in [0.29, 0.717) is 17.7 Å². The highest BCUT2D eigenvalue weighted by atomic mass is 35.5. The van der Waals surface area contributed by atoms with E-state index in [9.17, 15) is 12.8 Å². The van der Waals surface area contributed by atoms with Gasteiger partial charge < -0.3 is 0 Å². The van der Waals surface area contributed by atoms with E-state index in [0.717, 1.165) is 16.2 Å². The molecule has 2 aromatic rings. The van der Waals surface area contributed by atoms with Gasteiger partial charge in [0.2, 0.25) is 10.0 Å². The molecule has 1 aromatic carbocycles. The van der Waals surface area contributed by atoms with Crippen molar-refractivity contribution < 1.29 is 12.8 Å². The quantitative estimate of drug-likeness (QED) is 0.840. The van der Waals surface area contributed by atoms with E-state index < -0.39 is 21.9 Å². The zero-order valence-electron chi connectivity index (χ0n) is 11.5. The number of benzene rings is 1. The second-order valence-electron chi connectivity index (χ2n) is 4.99. The first-order valence-electron chi connectivity index (χ1n) is 6.40. The van der Waals surface area contributed by atoms with Crippen LogP contribution in [-0.4, -0.2) is 24.8 Å². The van der Waals surface area contributed by atoms with Crippen LogP contribution in [0.15, 0.2) is 40.1 Å². The van der Waals surface area contributed by atoms with Crippen LogP contribution < -0.4 is 0 Å². The van der Waals surface area contributed by atoms with E-state index in [4.69, 9.17) is 11.6 Å². The standard InChI is InChI=1S/C14H12ClFN2O2S2/c1-22(19,20)18-14(9-2-3-11(15)12(16)6-9)7-13(17-18)10-4-5-21-8-10/h2-6,8,14H,7H2,1H3/t14-/m1/s1. The van der Waals surface area contributed by atoms with E-state index in [-0.39, 0.29) is 5.02 Å². The number of sulfonamides is 1. The molecule has 0 spiro atoms. The lowest BCUT2D eigenvalue weighted by atomic mass is 10.0. The van der Waals surface area contributed by atoms with Crippen LogP contribution in [0.3, 0.4) is 0 Å². The molecule has 4 nitrogen and oxygen atoms in total. The largest absolute Gasteiger partial charge is 0.247 e. The van der Waals surface area contributed by atoms with Gasteiger partial charge in [-0.05, 0) is 34.5 Å². The van der Waals surface area contributed by atoms with Crippen molar-refractivity contribution in [2.45, 2.75) is 12.5 Å². The molecular weight excluding hydrogens is 347 g/mol. The monoisotopic (exact) mass is 358 g/mol. The van der Waals surface area contributed by atoms with Gasteiger partial charge in [-0.1, -0.05) is 17.7 Å². The maximum Gasteiger partial charge on any atom is 0.247 e. The minimum atomic E-state index is -3.55. The fourth-order valence-electron chi connectivity index (χ4n) is 2.37. The van der Waals surface area contributed by atoms with Crippen molar-refractivity contribution in [1.29, 1.82) is 0 Å². The van der Waals surface area contributed by atoms with Gasteiger partial charge in [0.15, 0.2) is 0 Å². The summed E-state index contributed by atoms with van der Waals surface area (Å²) in [6.45, 7) is 0. The zero-order valence-corrected chi connectivity index (χ0v) is 13.9. The molecule has 0 amide bonds. The summed E-state index contributed by atoms with van der Waals surface area (Å²) in [5, 5.41) is 8.04. The van der Waals surface area contributed by atoms with Crippen molar-refractivity contribution in [3.63, 3.8) is 0 Å². The fraction of sp³-hybridized carbons (Fsp3) is 0.214. The van der Waals surface area contributed by atoms with Gasteiger partial charge in [-0.25, -0.2) is 12.8 Å². The summed E-state index contributed by atoms with van der Waals surface area (Å²) in [6.07, 6.45) is 1.48. The predicted molar refractivity (Wildman–Crippen MR) is 86.3 cm³/mol. The Morgan fingerprint density at radius 3 is 2.77 bits per heavy atom. The Hall–Kier alpha value is -1.44. The minimum Gasteiger partial charge on any atom is -0.205 e. The van der Waals surface area contributed by atoms with Crippen molar-refractivity contribution in [1.82, 2.24) is 4.41 Å². The molecule has 1 atom stereocenters. The third-order valence-corrected chi connectivity index (χ3v) is 5.40. The average Bonchev–Trinajstić information content (AvgIpc) is 3.08. The van der Waals surface area contributed by atoms with E-state index in [1.165, 1.54) is 23.5 Å². The highest BCUT2D eigenvalue weighted by Gasteiger charge is 2.34. The first-order valence-corrected chi connectivity index (χ1v) is 9.57. The van der Waals surface area contributed by atoms with E-state index in [1.54, 1.807) is 6.07 Å². The highest BCUT2D eigenvalue weighted by molar-refractivity contribution is 7.88. The summed E-state index contributed by atoms with van der Waals surface area (Å²) in [6, 6.07) is 5.64. The van der Waals surface area contributed by atoms with Crippen molar-refractivity contribution in [2.75, 3.05) is 6.26 Å². The van der Waals surface area contributed by atoms with Gasteiger partial charge in [0, 0.05) is 12.0 Å². The summed E-state index contributed by atoms with van der Waals surface area (Å²) in [5.74, 6) is -0.573. The number of hydrogen-bond donors (Lipinski definition) is 0. The second kappa shape index (κ2) is 5.64. The summed E-state index contributed by atoms with van der Waals surface area (Å²) < 4.78 is 38.7.